The zero-order chi connectivity index (χ0) is 16.2. The average molecular weight is 297 g/mol. The van der Waals surface area contributed by atoms with E-state index in [9.17, 15) is 9.59 Å². The van der Waals surface area contributed by atoms with Gasteiger partial charge >= 0.3 is 5.97 Å². The van der Waals surface area contributed by atoms with E-state index in [1.165, 1.54) is 6.92 Å². The molecular formula is C17H31NO3. The van der Waals surface area contributed by atoms with Gasteiger partial charge in [0.05, 0.1) is 0 Å². The average Bonchev–Trinajstić information content (AvgIpc) is 2.34. The fraction of sp³-hybridized carbons (Fsp3) is 0.882. The molecule has 1 amide bonds. The van der Waals surface area contributed by atoms with Crippen molar-refractivity contribution in [2.24, 2.45) is 17.3 Å². The van der Waals surface area contributed by atoms with E-state index >= 15 is 0 Å². The zero-order valence-electron chi connectivity index (χ0n) is 14.4. The lowest BCUT2D eigenvalue weighted by Gasteiger charge is -2.37. The smallest absolute Gasteiger partial charge is 0.329 e. The predicted octanol–water partition coefficient (Wildman–Crippen LogP) is 3.30. The lowest BCUT2D eigenvalue weighted by Crippen LogP contribution is -2.46. The normalized spacial score (nSPS) is 24.5. The fourth-order valence-corrected chi connectivity index (χ4v) is 3.00. The van der Waals surface area contributed by atoms with Gasteiger partial charge < -0.3 is 10.1 Å². The maximum Gasteiger partial charge on any atom is 0.329 e. The van der Waals surface area contributed by atoms with E-state index in [2.05, 4.69) is 26.1 Å². The standard InChI is InChI=1S/C17H31NO3/c1-11(2)15(18-12(3)19)16(20)21-14-9-7-13(8-10-14)17(4,5)6/h11,13-15H,7-10H2,1-6H3,(H,18,19). The molecule has 4 heteroatoms. The number of ether oxygens (including phenoxy) is 1. The van der Waals surface area contributed by atoms with Crippen LogP contribution in [0.3, 0.4) is 0 Å². The molecule has 0 aromatic rings. The zero-order valence-corrected chi connectivity index (χ0v) is 14.4. The maximum absolute atomic E-state index is 12.2. The van der Waals surface area contributed by atoms with Crippen LogP contribution in [-0.4, -0.2) is 24.0 Å². The topological polar surface area (TPSA) is 55.4 Å². The third kappa shape index (κ3) is 5.68. The van der Waals surface area contributed by atoms with Gasteiger partial charge in [-0.1, -0.05) is 34.6 Å². The van der Waals surface area contributed by atoms with Crippen molar-refractivity contribution in [3.05, 3.63) is 0 Å². The molecule has 0 radical (unpaired) electrons. The van der Waals surface area contributed by atoms with Crippen LogP contribution in [-0.2, 0) is 14.3 Å². The Labute approximate surface area is 129 Å². The van der Waals surface area contributed by atoms with E-state index < -0.39 is 6.04 Å². The number of nitrogens with one attached hydrogen (secondary N) is 1. The Morgan fingerprint density at radius 2 is 1.62 bits per heavy atom. The fourth-order valence-electron chi connectivity index (χ4n) is 3.00. The Morgan fingerprint density at radius 3 is 2.00 bits per heavy atom. The highest BCUT2D eigenvalue weighted by atomic mass is 16.5. The molecule has 1 N–H and O–H groups in total. The molecule has 0 aliphatic heterocycles. The van der Waals surface area contributed by atoms with E-state index in [1.54, 1.807) is 0 Å². The lowest BCUT2D eigenvalue weighted by atomic mass is 9.72. The second kappa shape index (κ2) is 7.28. The predicted molar refractivity (Wildman–Crippen MR) is 83.7 cm³/mol. The number of carbonyl (C=O) groups excluding carboxylic acids is 2. The lowest BCUT2D eigenvalue weighted by molar-refractivity contribution is -0.156. The third-order valence-electron chi connectivity index (χ3n) is 4.46. The Morgan fingerprint density at radius 1 is 1.10 bits per heavy atom. The van der Waals surface area contributed by atoms with Gasteiger partial charge in [-0.25, -0.2) is 4.79 Å². The molecule has 1 atom stereocenters. The summed E-state index contributed by atoms with van der Waals surface area (Å²) in [6.45, 7) is 12.1. The van der Waals surface area contributed by atoms with Crippen molar-refractivity contribution < 1.29 is 14.3 Å². The molecule has 0 aromatic heterocycles. The van der Waals surface area contributed by atoms with E-state index in [1.807, 2.05) is 13.8 Å². The van der Waals surface area contributed by atoms with E-state index in [4.69, 9.17) is 4.74 Å². The first-order chi connectivity index (χ1) is 9.61. The minimum Gasteiger partial charge on any atom is -0.461 e. The van der Waals surface area contributed by atoms with Gasteiger partial charge in [-0.05, 0) is 42.9 Å². The highest BCUT2D eigenvalue weighted by molar-refractivity contribution is 5.83. The van der Waals surface area contributed by atoms with Crippen LogP contribution in [0.15, 0.2) is 0 Å². The van der Waals surface area contributed by atoms with Gasteiger partial charge in [0.15, 0.2) is 0 Å². The van der Waals surface area contributed by atoms with Crippen molar-refractivity contribution >= 4 is 11.9 Å². The Bertz CT molecular complexity index is 363. The van der Waals surface area contributed by atoms with Crippen molar-refractivity contribution in [3.63, 3.8) is 0 Å². The quantitative estimate of drug-likeness (QED) is 0.810. The second-order valence-electron chi connectivity index (χ2n) is 7.70. The molecule has 1 aliphatic carbocycles. The molecule has 0 bridgehead atoms. The number of hydrogen-bond donors (Lipinski definition) is 1. The first-order valence-electron chi connectivity index (χ1n) is 8.09. The van der Waals surface area contributed by atoms with Crippen LogP contribution in [0.4, 0.5) is 0 Å². The summed E-state index contributed by atoms with van der Waals surface area (Å²) in [4.78, 5) is 23.4. The number of carbonyl (C=O) groups is 2. The Hall–Kier alpha value is -1.06. The maximum atomic E-state index is 12.2. The van der Waals surface area contributed by atoms with Crippen LogP contribution in [0.2, 0.25) is 0 Å². The molecule has 1 unspecified atom stereocenters. The molecule has 1 saturated carbocycles. The summed E-state index contributed by atoms with van der Waals surface area (Å²) < 4.78 is 5.62. The second-order valence-corrected chi connectivity index (χ2v) is 7.70. The van der Waals surface area contributed by atoms with Crippen molar-refractivity contribution in [2.45, 2.75) is 79.4 Å². The first kappa shape index (κ1) is 18.0. The van der Waals surface area contributed by atoms with Gasteiger partial charge in [0.1, 0.15) is 12.1 Å². The number of rotatable bonds is 4. The van der Waals surface area contributed by atoms with Crippen molar-refractivity contribution in [3.8, 4) is 0 Å². The summed E-state index contributed by atoms with van der Waals surface area (Å²) in [6, 6.07) is -0.539. The van der Waals surface area contributed by atoms with Crippen LogP contribution in [0.25, 0.3) is 0 Å². The molecule has 4 nitrogen and oxygen atoms in total. The molecule has 0 aromatic carbocycles. The Kier molecular flexibility index (Phi) is 6.24. The highest BCUT2D eigenvalue weighted by Gasteiger charge is 2.33. The summed E-state index contributed by atoms with van der Waals surface area (Å²) >= 11 is 0. The molecule has 1 fully saturated rings. The molecule has 1 aliphatic rings. The minimum atomic E-state index is -0.539. The molecule has 0 heterocycles. The van der Waals surface area contributed by atoms with Crippen LogP contribution in [0.5, 0.6) is 0 Å². The largest absolute Gasteiger partial charge is 0.461 e. The molecule has 122 valence electrons. The summed E-state index contributed by atoms with van der Waals surface area (Å²) in [5.41, 5.74) is 0.325. The summed E-state index contributed by atoms with van der Waals surface area (Å²) in [6.07, 6.45) is 4.07. The van der Waals surface area contributed by atoms with E-state index in [0.717, 1.165) is 25.7 Å². The van der Waals surface area contributed by atoms with Gasteiger partial charge in [0.2, 0.25) is 5.91 Å². The van der Waals surface area contributed by atoms with Gasteiger partial charge in [0, 0.05) is 6.92 Å². The minimum absolute atomic E-state index is 0.00566. The summed E-state index contributed by atoms with van der Waals surface area (Å²) in [5.74, 6) is 0.248. The number of amides is 1. The summed E-state index contributed by atoms with van der Waals surface area (Å²) in [7, 11) is 0. The highest BCUT2D eigenvalue weighted by Crippen LogP contribution is 2.38. The van der Waals surface area contributed by atoms with Crippen molar-refractivity contribution in [2.75, 3.05) is 0 Å². The van der Waals surface area contributed by atoms with Crippen molar-refractivity contribution in [1.29, 1.82) is 0 Å². The third-order valence-corrected chi connectivity index (χ3v) is 4.46. The van der Waals surface area contributed by atoms with E-state index in [0.29, 0.717) is 11.3 Å². The van der Waals surface area contributed by atoms with Crippen LogP contribution < -0.4 is 5.32 Å². The number of hydrogen-bond acceptors (Lipinski definition) is 3. The summed E-state index contributed by atoms with van der Waals surface area (Å²) in [5, 5.41) is 2.69. The monoisotopic (exact) mass is 297 g/mol. The van der Waals surface area contributed by atoms with E-state index in [-0.39, 0.29) is 23.9 Å². The Balaban J connectivity index is 2.50. The van der Waals surface area contributed by atoms with Gasteiger partial charge in [-0.15, -0.1) is 0 Å². The molecular weight excluding hydrogens is 266 g/mol. The van der Waals surface area contributed by atoms with Gasteiger partial charge in [0.25, 0.3) is 0 Å². The van der Waals surface area contributed by atoms with Crippen LogP contribution >= 0.6 is 0 Å². The van der Waals surface area contributed by atoms with Crippen LogP contribution in [0, 0.1) is 17.3 Å². The van der Waals surface area contributed by atoms with Crippen LogP contribution in [0.1, 0.15) is 67.2 Å². The SMILES string of the molecule is CC(=O)NC(C(=O)OC1CCC(C(C)(C)C)CC1)C(C)C. The van der Waals surface area contributed by atoms with Crippen molar-refractivity contribution in [1.82, 2.24) is 5.32 Å². The first-order valence-corrected chi connectivity index (χ1v) is 8.09. The molecule has 0 spiro atoms. The number of esters is 1. The molecule has 21 heavy (non-hydrogen) atoms. The van der Waals surface area contributed by atoms with Gasteiger partial charge in [-0.3, -0.25) is 4.79 Å². The molecule has 0 saturated heterocycles. The van der Waals surface area contributed by atoms with Gasteiger partial charge in [-0.2, -0.15) is 0 Å². The molecule has 1 rings (SSSR count).